The highest BCUT2D eigenvalue weighted by Gasteiger charge is 2.39. The van der Waals surface area contributed by atoms with E-state index in [0.29, 0.717) is 29.7 Å². The predicted molar refractivity (Wildman–Crippen MR) is 105 cm³/mol. The van der Waals surface area contributed by atoms with Crippen molar-refractivity contribution in [1.29, 1.82) is 5.26 Å². The Hall–Kier alpha value is -2.98. The summed E-state index contributed by atoms with van der Waals surface area (Å²) in [5.74, 6) is -0.276. The fourth-order valence-corrected chi connectivity index (χ4v) is 3.55. The average molecular weight is 380 g/mol. The van der Waals surface area contributed by atoms with Gasteiger partial charge in [-0.15, -0.1) is 0 Å². The van der Waals surface area contributed by atoms with Gasteiger partial charge in [0.15, 0.2) is 0 Å². The molecular formula is C21H24N4O3. The zero-order valence-electron chi connectivity index (χ0n) is 16.3. The van der Waals surface area contributed by atoms with Crippen LogP contribution in [0.25, 0.3) is 11.1 Å². The molecule has 0 unspecified atom stereocenters. The molecular weight excluding hydrogens is 356 g/mol. The number of carbonyl (C=O) groups is 1. The number of hydrogen-bond acceptors (Lipinski definition) is 5. The number of carbonyl (C=O) groups excluding carboxylic acids is 1. The molecule has 1 aliphatic rings. The number of nitriles is 1. The Bertz CT molecular complexity index is 993. The average Bonchev–Trinajstić information content (AvgIpc) is 2.61. The molecule has 1 aliphatic carbocycles. The maximum absolute atomic E-state index is 12.6. The number of aromatic nitrogens is 2. The Morgan fingerprint density at radius 1 is 1.43 bits per heavy atom. The molecule has 0 atom stereocenters. The number of hydrogen-bond donors (Lipinski definition) is 2. The molecule has 1 heterocycles. The van der Waals surface area contributed by atoms with Gasteiger partial charge in [-0.25, -0.2) is 4.68 Å². The lowest BCUT2D eigenvalue weighted by atomic mass is 9.77. The number of benzene rings is 1. The maximum atomic E-state index is 12.6. The second-order valence-corrected chi connectivity index (χ2v) is 7.96. The zero-order valence-corrected chi connectivity index (χ0v) is 16.3. The lowest BCUT2D eigenvalue weighted by Crippen LogP contribution is -2.54. The van der Waals surface area contributed by atoms with Gasteiger partial charge < -0.3 is 10.4 Å². The molecule has 1 saturated carbocycles. The van der Waals surface area contributed by atoms with Crippen LogP contribution in [0, 0.1) is 11.3 Å². The number of nitrogens with one attached hydrogen (secondary N) is 1. The summed E-state index contributed by atoms with van der Waals surface area (Å²) in [4.78, 5) is 24.8. The number of aliphatic hydroxyl groups is 1. The van der Waals surface area contributed by atoms with Crippen molar-refractivity contribution in [3.05, 3.63) is 51.9 Å². The molecule has 1 fully saturated rings. The van der Waals surface area contributed by atoms with Gasteiger partial charge in [0.25, 0.3) is 5.56 Å². The summed E-state index contributed by atoms with van der Waals surface area (Å²) in [6.45, 7) is 5.49. The first-order chi connectivity index (χ1) is 13.2. The van der Waals surface area contributed by atoms with E-state index in [2.05, 4.69) is 16.5 Å². The topological polar surface area (TPSA) is 108 Å². The van der Waals surface area contributed by atoms with Crippen LogP contribution in [0.15, 0.2) is 35.1 Å². The van der Waals surface area contributed by atoms with Gasteiger partial charge in [-0.05, 0) is 43.4 Å². The van der Waals surface area contributed by atoms with Gasteiger partial charge in [-0.3, -0.25) is 9.59 Å². The monoisotopic (exact) mass is 380 g/mol. The maximum Gasteiger partial charge on any atom is 0.267 e. The van der Waals surface area contributed by atoms with E-state index in [9.17, 15) is 14.7 Å². The van der Waals surface area contributed by atoms with Crippen molar-refractivity contribution in [3.63, 3.8) is 0 Å². The molecule has 1 amide bonds. The minimum absolute atomic E-state index is 0.0254. The van der Waals surface area contributed by atoms with Crippen LogP contribution < -0.4 is 10.9 Å². The normalized spacial score (nSPS) is 21.1. The summed E-state index contributed by atoms with van der Waals surface area (Å²) in [6.07, 6.45) is 1.01. The smallest absolute Gasteiger partial charge is 0.267 e. The first-order valence-corrected chi connectivity index (χ1v) is 9.33. The van der Waals surface area contributed by atoms with Crippen LogP contribution in [-0.2, 0) is 11.3 Å². The molecule has 7 nitrogen and oxygen atoms in total. The van der Waals surface area contributed by atoms with Crippen molar-refractivity contribution in [2.45, 2.75) is 57.7 Å². The van der Waals surface area contributed by atoms with E-state index in [1.54, 1.807) is 25.1 Å². The minimum Gasteiger partial charge on any atom is -0.390 e. The molecule has 146 valence electrons. The van der Waals surface area contributed by atoms with Gasteiger partial charge in [-0.2, -0.15) is 10.4 Å². The van der Waals surface area contributed by atoms with E-state index in [1.807, 2.05) is 19.9 Å². The lowest BCUT2D eigenvalue weighted by Gasteiger charge is -2.41. The third-order valence-corrected chi connectivity index (χ3v) is 4.91. The van der Waals surface area contributed by atoms with Gasteiger partial charge in [0.05, 0.1) is 22.9 Å². The zero-order chi connectivity index (χ0) is 20.5. The van der Waals surface area contributed by atoms with E-state index in [0.717, 1.165) is 5.56 Å². The Balaban J connectivity index is 1.86. The van der Waals surface area contributed by atoms with Gasteiger partial charge >= 0.3 is 0 Å². The van der Waals surface area contributed by atoms with E-state index in [4.69, 9.17) is 5.26 Å². The van der Waals surface area contributed by atoms with Crippen molar-refractivity contribution in [3.8, 4) is 17.2 Å². The fourth-order valence-electron chi connectivity index (χ4n) is 3.55. The molecule has 3 rings (SSSR count). The Morgan fingerprint density at radius 3 is 2.75 bits per heavy atom. The van der Waals surface area contributed by atoms with Gasteiger partial charge in [-0.1, -0.05) is 26.0 Å². The Morgan fingerprint density at radius 2 is 2.14 bits per heavy atom. The molecule has 2 N–H and O–H groups in total. The standard InChI is InChI=1S/C21H24N4O3/c1-13(2)20-17(15-6-4-5-14(7-15)11-22)8-19(27)25(24-20)12-18(26)23-16-9-21(3,28)10-16/h4-8,13,16,28H,9-10,12H2,1-3H3,(H,23,26). The molecule has 1 aromatic carbocycles. The van der Waals surface area contributed by atoms with Crippen molar-refractivity contribution >= 4 is 5.91 Å². The van der Waals surface area contributed by atoms with Gasteiger partial charge in [0.1, 0.15) is 6.54 Å². The van der Waals surface area contributed by atoms with E-state index >= 15 is 0 Å². The molecule has 1 aromatic heterocycles. The third-order valence-electron chi connectivity index (χ3n) is 4.91. The van der Waals surface area contributed by atoms with Crippen LogP contribution >= 0.6 is 0 Å². The summed E-state index contributed by atoms with van der Waals surface area (Å²) < 4.78 is 1.17. The van der Waals surface area contributed by atoms with E-state index in [1.165, 1.54) is 10.7 Å². The number of nitrogens with zero attached hydrogens (tertiary/aromatic N) is 3. The summed E-state index contributed by atoms with van der Waals surface area (Å²) in [7, 11) is 0. The summed E-state index contributed by atoms with van der Waals surface area (Å²) in [5, 5.41) is 26.1. The molecule has 0 aliphatic heterocycles. The summed E-state index contributed by atoms with van der Waals surface area (Å²) in [6, 6.07) is 10.5. The quantitative estimate of drug-likeness (QED) is 0.824. The van der Waals surface area contributed by atoms with Crippen molar-refractivity contribution < 1.29 is 9.90 Å². The summed E-state index contributed by atoms with van der Waals surface area (Å²) >= 11 is 0. The van der Waals surface area contributed by atoms with Crippen LogP contribution in [0.3, 0.4) is 0 Å². The molecule has 0 bridgehead atoms. The number of rotatable bonds is 5. The van der Waals surface area contributed by atoms with Crippen LogP contribution in [0.2, 0.25) is 0 Å². The molecule has 0 radical (unpaired) electrons. The highest BCUT2D eigenvalue weighted by molar-refractivity contribution is 5.76. The largest absolute Gasteiger partial charge is 0.390 e. The van der Waals surface area contributed by atoms with Crippen LogP contribution in [0.1, 0.15) is 50.8 Å². The molecule has 0 saturated heterocycles. The van der Waals surface area contributed by atoms with Gasteiger partial charge in [0.2, 0.25) is 5.91 Å². The van der Waals surface area contributed by atoms with Crippen molar-refractivity contribution in [2.75, 3.05) is 0 Å². The first kappa shape index (κ1) is 19.8. The second-order valence-electron chi connectivity index (χ2n) is 7.96. The lowest BCUT2D eigenvalue weighted by molar-refractivity contribution is -0.125. The SMILES string of the molecule is CC(C)c1nn(CC(=O)NC2CC(C)(O)C2)c(=O)cc1-c1cccc(C#N)c1. The van der Waals surface area contributed by atoms with E-state index in [-0.39, 0.29) is 30.0 Å². The Labute approximate surface area is 163 Å². The van der Waals surface area contributed by atoms with Gasteiger partial charge in [0, 0.05) is 17.7 Å². The highest BCUT2D eigenvalue weighted by Crippen LogP contribution is 2.31. The molecule has 7 heteroatoms. The predicted octanol–water partition coefficient (Wildman–Crippen LogP) is 1.93. The first-order valence-electron chi connectivity index (χ1n) is 9.33. The second kappa shape index (κ2) is 7.56. The minimum atomic E-state index is -0.725. The fraction of sp³-hybridized carbons (Fsp3) is 0.429. The summed E-state index contributed by atoms with van der Waals surface area (Å²) in [5.41, 5.74) is 1.51. The van der Waals surface area contributed by atoms with E-state index < -0.39 is 5.60 Å². The Kier molecular flexibility index (Phi) is 5.34. The van der Waals surface area contributed by atoms with Crippen LogP contribution in [-0.4, -0.2) is 32.4 Å². The molecule has 28 heavy (non-hydrogen) atoms. The van der Waals surface area contributed by atoms with Crippen molar-refractivity contribution in [1.82, 2.24) is 15.1 Å². The van der Waals surface area contributed by atoms with Crippen molar-refractivity contribution in [2.24, 2.45) is 0 Å². The molecule has 2 aromatic rings. The number of amides is 1. The third kappa shape index (κ3) is 4.29. The van der Waals surface area contributed by atoms with Crippen LogP contribution in [0.4, 0.5) is 0 Å². The molecule has 0 spiro atoms. The van der Waals surface area contributed by atoms with Crippen LogP contribution in [0.5, 0.6) is 0 Å². The highest BCUT2D eigenvalue weighted by atomic mass is 16.3.